The maximum absolute atomic E-state index is 5.50. The Morgan fingerprint density at radius 2 is 2.12 bits per heavy atom. The van der Waals surface area contributed by atoms with Crippen molar-refractivity contribution in [3.8, 4) is 0 Å². The predicted molar refractivity (Wildman–Crippen MR) is 33.1 cm³/mol. The number of rotatable bonds is 1. The van der Waals surface area contributed by atoms with Crippen LogP contribution in [0.1, 0.15) is 19.3 Å². The molecule has 1 nitrogen and oxygen atoms in total. The molecule has 2 N–H and O–H groups in total. The standard InChI is InChI=1S/C7H11N/c8-7-3-6(4-7)5-1-2-5/h3,5-6H,1-2,4,8H2. The zero-order chi connectivity index (χ0) is 5.56. The van der Waals surface area contributed by atoms with Gasteiger partial charge >= 0.3 is 0 Å². The number of hydrogen-bond acceptors (Lipinski definition) is 1. The van der Waals surface area contributed by atoms with Gasteiger partial charge in [-0.3, -0.25) is 0 Å². The third-order valence-corrected chi connectivity index (χ3v) is 2.13. The Labute approximate surface area is 49.6 Å². The van der Waals surface area contributed by atoms with Crippen molar-refractivity contribution in [3.05, 3.63) is 11.8 Å². The molecule has 0 aromatic heterocycles. The molecule has 0 spiro atoms. The highest BCUT2D eigenvalue weighted by atomic mass is 14.6. The van der Waals surface area contributed by atoms with Crippen molar-refractivity contribution in [2.75, 3.05) is 0 Å². The van der Waals surface area contributed by atoms with E-state index in [0.717, 1.165) is 17.5 Å². The molecule has 1 unspecified atom stereocenters. The lowest BCUT2D eigenvalue weighted by Crippen LogP contribution is -2.17. The third kappa shape index (κ3) is 0.540. The van der Waals surface area contributed by atoms with Crippen LogP contribution in [0.4, 0.5) is 0 Å². The van der Waals surface area contributed by atoms with Crippen molar-refractivity contribution in [1.82, 2.24) is 0 Å². The van der Waals surface area contributed by atoms with Crippen LogP contribution in [-0.4, -0.2) is 0 Å². The highest BCUT2D eigenvalue weighted by molar-refractivity contribution is 5.16. The van der Waals surface area contributed by atoms with Gasteiger partial charge in [0.15, 0.2) is 0 Å². The van der Waals surface area contributed by atoms with Gasteiger partial charge in [-0.25, -0.2) is 0 Å². The van der Waals surface area contributed by atoms with E-state index < -0.39 is 0 Å². The smallest absolute Gasteiger partial charge is 0.00490 e. The van der Waals surface area contributed by atoms with Crippen molar-refractivity contribution in [2.45, 2.75) is 19.3 Å². The van der Waals surface area contributed by atoms with E-state index in [9.17, 15) is 0 Å². The molecule has 2 aliphatic carbocycles. The minimum absolute atomic E-state index is 0.884. The molecule has 0 amide bonds. The van der Waals surface area contributed by atoms with Gasteiger partial charge in [0.2, 0.25) is 0 Å². The summed E-state index contributed by atoms with van der Waals surface area (Å²) in [5.74, 6) is 1.91. The lowest BCUT2D eigenvalue weighted by molar-refractivity contribution is 0.505. The second kappa shape index (κ2) is 1.28. The van der Waals surface area contributed by atoms with Crippen LogP contribution in [0.3, 0.4) is 0 Å². The molecular weight excluding hydrogens is 98.1 g/mol. The van der Waals surface area contributed by atoms with Crippen LogP contribution in [0.2, 0.25) is 0 Å². The van der Waals surface area contributed by atoms with E-state index in [1.165, 1.54) is 19.3 Å². The Kier molecular flexibility index (Phi) is 0.706. The zero-order valence-corrected chi connectivity index (χ0v) is 4.93. The summed E-state index contributed by atoms with van der Waals surface area (Å²) in [6.07, 6.45) is 6.31. The molecule has 0 aromatic carbocycles. The Morgan fingerprint density at radius 3 is 2.50 bits per heavy atom. The Hall–Kier alpha value is -0.460. The average Bonchev–Trinajstić information content (AvgIpc) is 2.37. The molecule has 8 heavy (non-hydrogen) atoms. The van der Waals surface area contributed by atoms with Gasteiger partial charge in [0, 0.05) is 5.70 Å². The maximum Gasteiger partial charge on any atom is 0.00490 e. The number of nitrogens with two attached hydrogens (primary N) is 1. The molecule has 0 saturated heterocycles. The fraction of sp³-hybridized carbons (Fsp3) is 0.714. The van der Waals surface area contributed by atoms with E-state index in [4.69, 9.17) is 5.73 Å². The van der Waals surface area contributed by atoms with E-state index in [0.29, 0.717) is 0 Å². The first kappa shape index (κ1) is 4.42. The fourth-order valence-corrected chi connectivity index (χ4v) is 1.34. The van der Waals surface area contributed by atoms with Crippen molar-refractivity contribution < 1.29 is 0 Å². The van der Waals surface area contributed by atoms with Crippen LogP contribution in [0, 0.1) is 11.8 Å². The first-order valence-corrected chi connectivity index (χ1v) is 3.32. The van der Waals surface area contributed by atoms with Gasteiger partial charge < -0.3 is 5.73 Å². The van der Waals surface area contributed by atoms with Gasteiger partial charge in [-0.2, -0.15) is 0 Å². The van der Waals surface area contributed by atoms with Gasteiger partial charge in [0.1, 0.15) is 0 Å². The van der Waals surface area contributed by atoms with Crippen molar-refractivity contribution in [1.29, 1.82) is 0 Å². The van der Waals surface area contributed by atoms with Gasteiger partial charge in [-0.05, 0) is 31.1 Å². The molecule has 44 valence electrons. The summed E-state index contributed by atoms with van der Waals surface area (Å²) >= 11 is 0. The summed E-state index contributed by atoms with van der Waals surface area (Å²) in [4.78, 5) is 0. The molecular formula is C7H11N. The summed E-state index contributed by atoms with van der Waals surface area (Å²) in [5.41, 5.74) is 6.61. The van der Waals surface area contributed by atoms with Crippen LogP contribution in [0.5, 0.6) is 0 Å². The van der Waals surface area contributed by atoms with E-state index in [-0.39, 0.29) is 0 Å². The third-order valence-electron chi connectivity index (χ3n) is 2.13. The summed E-state index contributed by atoms with van der Waals surface area (Å²) < 4.78 is 0. The van der Waals surface area contributed by atoms with Gasteiger partial charge in [0.25, 0.3) is 0 Å². The fourth-order valence-electron chi connectivity index (χ4n) is 1.34. The minimum Gasteiger partial charge on any atom is -0.402 e. The quantitative estimate of drug-likeness (QED) is 0.539. The molecule has 1 saturated carbocycles. The maximum atomic E-state index is 5.50. The lowest BCUT2D eigenvalue weighted by Gasteiger charge is -2.21. The number of hydrogen-bond donors (Lipinski definition) is 1. The van der Waals surface area contributed by atoms with Crippen LogP contribution < -0.4 is 5.73 Å². The Bertz CT molecular complexity index is 133. The van der Waals surface area contributed by atoms with E-state index in [1.807, 2.05) is 0 Å². The SMILES string of the molecule is NC1=CC(C2CC2)C1. The monoisotopic (exact) mass is 109 g/mol. The molecule has 1 atom stereocenters. The number of allylic oxidation sites excluding steroid dienone is 2. The zero-order valence-electron chi connectivity index (χ0n) is 4.93. The first-order chi connectivity index (χ1) is 3.86. The van der Waals surface area contributed by atoms with Crippen LogP contribution in [0.15, 0.2) is 11.8 Å². The molecule has 0 aliphatic heterocycles. The highest BCUT2D eigenvalue weighted by Crippen LogP contribution is 2.44. The Morgan fingerprint density at radius 1 is 1.50 bits per heavy atom. The molecule has 1 heteroatoms. The van der Waals surface area contributed by atoms with E-state index in [2.05, 4.69) is 6.08 Å². The van der Waals surface area contributed by atoms with E-state index in [1.54, 1.807) is 0 Å². The van der Waals surface area contributed by atoms with Crippen LogP contribution in [-0.2, 0) is 0 Å². The minimum atomic E-state index is 0.884. The largest absolute Gasteiger partial charge is 0.402 e. The van der Waals surface area contributed by atoms with Crippen LogP contribution in [0.25, 0.3) is 0 Å². The summed E-state index contributed by atoms with van der Waals surface area (Å²) in [7, 11) is 0. The molecule has 2 rings (SSSR count). The van der Waals surface area contributed by atoms with Gasteiger partial charge in [0.05, 0.1) is 0 Å². The topological polar surface area (TPSA) is 26.0 Å². The van der Waals surface area contributed by atoms with Crippen molar-refractivity contribution >= 4 is 0 Å². The molecule has 2 aliphatic rings. The van der Waals surface area contributed by atoms with E-state index >= 15 is 0 Å². The van der Waals surface area contributed by atoms with Gasteiger partial charge in [-0.15, -0.1) is 0 Å². The Balaban J connectivity index is 1.95. The average molecular weight is 109 g/mol. The predicted octanol–water partition coefficient (Wildman–Crippen LogP) is 1.26. The molecule has 1 fully saturated rings. The highest BCUT2D eigenvalue weighted by Gasteiger charge is 2.33. The van der Waals surface area contributed by atoms with Gasteiger partial charge in [-0.1, -0.05) is 6.08 Å². The molecule has 0 radical (unpaired) electrons. The van der Waals surface area contributed by atoms with Crippen molar-refractivity contribution in [2.24, 2.45) is 17.6 Å². The summed E-state index contributed by atoms with van der Waals surface area (Å²) in [6.45, 7) is 0. The molecule has 0 bridgehead atoms. The molecule has 0 heterocycles. The molecule has 0 aromatic rings. The summed E-state index contributed by atoms with van der Waals surface area (Å²) in [6, 6.07) is 0. The second-order valence-electron chi connectivity index (χ2n) is 2.95. The van der Waals surface area contributed by atoms with Crippen molar-refractivity contribution in [3.63, 3.8) is 0 Å². The summed E-state index contributed by atoms with van der Waals surface area (Å²) in [5, 5.41) is 0. The lowest BCUT2D eigenvalue weighted by atomic mass is 9.88. The van der Waals surface area contributed by atoms with Crippen LogP contribution >= 0.6 is 0 Å². The first-order valence-electron chi connectivity index (χ1n) is 3.32. The normalized spacial score (nSPS) is 36.0. The second-order valence-corrected chi connectivity index (χ2v) is 2.95.